The molecule has 2 aliphatic rings. The fourth-order valence-electron chi connectivity index (χ4n) is 1.57. The highest BCUT2D eigenvalue weighted by atomic mass is 16.5. The van der Waals surface area contributed by atoms with E-state index >= 15 is 0 Å². The number of nitrogen functional groups attached to an aromatic ring is 1. The van der Waals surface area contributed by atoms with Crippen molar-refractivity contribution in [1.29, 1.82) is 0 Å². The Morgan fingerprint density at radius 2 is 2.12 bits per heavy atom. The van der Waals surface area contributed by atoms with Crippen molar-refractivity contribution in [2.45, 2.75) is 31.7 Å². The van der Waals surface area contributed by atoms with Crippen molar-refractivity contribution in [3.8, 4) is 5.88 Å². The zero-order valence-electron chi connectivity index (χ0n) is 9.28. The van der Waals surface area contributed by atoms with Gasteiger partial charge in [-0.15, -0.1) is 0 Å². The van der Waals surface area contributed by atoms with Crippen LogP contribution in [0.3, 0.4) is 0 Å². The Balaban J connectivity index is 1.67. The van der Waals surface area contributed by atoms with E-state index in [1.54, 1.807) is 0 Å². The summed E-state index contributed by atoms with van der Waals surface area (Å²) in [7, 11) is 0. The second-order valence-electron chi connectivity index (χ2n) is 4.76. The van der Waals surface area contributed by atoms with Gasteiger partial charge in [-0.25, -0.2) is 0 Å². The van der Waals surface area contributed by atoms with E-state index in [2.05, 4.69) is 10.3 Å². The molecule has 1 heterocycles. The van der Waals surface area contributed by atoms with Gasteiger partial charge in [-0.3, -0.25) is 0 Å². The summed E-state index contributed by atoms with van der Waals surface area (Å²) in [6.45, 7) is 0.754. The van der Waals surface area contributed by atoms with Crippen LogP contribution < -0.4 is 15.8 Å². The van der Waals surface area contributed by atoms with Crippen molar-refractivity contribution in [2.24, 2.45) is 5.92 Å². The molecule has 0 amide bonds. The SMILES string of the molecule is Nc1ccc(NC2CC2)nc1OCC1CC1. The first-order valence-corrected chi connectivity index (χ1v) is 5.97. The summed E-state index contributed by atoms with van der Waals surface area (Å²) in [6, 6.07) is 4.38. The molecule has 3 N–H and O–H groups in total. The van der Waals surface area contributed by atoms with E-state index in [0.717, 1.165) is 18.3 Å². The summed E-state index contributed by atoms with van der Waals surface area (Å²) >= 11 is 0. The van der Waals surface area contributed by atoms with Gasteiger partial charge >= 0.3 is 0 Å². The fourth-order valence-corrected chi connectivity index (χ4v) is 1.57. The fraction of sp³-hybridized carbons (Fsp3) is 0.583. The van der Waals surface area contributed by atoms with E-state index in [-0.39, 0.29) is 0 Å². The number of hydrogen-bond donors (Lipinski definition) is 2. The second kappa shape index (κ2) is 3.85. The van der Waals surface area contributed by atoms with Crippen LogP contribution in [0.4, 0.5) is 11.5 Å². The standard InChI is InChI=1S/C12H17N3O/c13-10-5-6-11(14-9-3-4-9)15-12(10)16-7-8-1-2-8/h5-6,8-9H,1-4,7,13H2,(H,14,15). The lowest BCUT2D eigenvalue weighted by molar-refractivity contribution is 0.290. The summed E-state index contributed by atoms with van der Waals surface area (Å²) in [4.78, 5) is 4.39. The molecule has 0 saturated heterocycles. The molecule has 3 rings (SSSR count). The lowest BCUT2D eigenvalue weighted by atomic mass is 10.4. The Bertz CT molecular complexity index is 386. The minimum atomic E-state index is 0.581. The van der Waals surface area contributed by atoms with Crippen LogP contribution in [0, 0.1) is 5.92 Å². The lowest BCUT2D eigenvalue weighted by Crippen LogP contribution is -2.07. The van der Waals surface area contributed by atoms with Crippen molar-refractivity contribution in [1.82, 2.24) is 4.98 Å². The van der Waals surface area contributed by atoms with E-state index in [9.17, 15) is 0 Å². The summed E-state index contributed by atoms with van der Waals surface area (Å²) in [5.74, 6) is 2.18. The first-order valence-electron chi connectivity index (χ1n) is 5.97. The van der Waals surface area contributed by atoms with Gasteiger partial charge in [0.05, 0.1) is 12.3 Å². The molecule has 2 aliphatic carbocycles. The Labute approximate surface area is 95.2 Å². The number of ether oxygens (including phenoxy) is 1. The number of hydrogen-bond acceptors (Lipinski definition) is 4. The third-order valence-corrected chi connectivity index (χ3v) is 2.97. The Morgan fingerprint density at radius 3 is 2.81 bits per heavy atom. The Kier molecular flexibility index (Phi) is 2.35. The molecular weight excluding hydrogens is 202 g/mol. The summed E-state index contributed by atoms with van der Waals surface area (Å²) in [6.07, 6.45) is 5.04. The largest absolute Gasteiger partial charge is 0.476 e. The van der Waals surface area contributed by atoms with Gasteiger partial charge in [0.15, 0.2) is 0 Å². The van der Waals surface area contributed by atoms with Crippen LogP contribution in [-0.4, -0.2) is 17.6 Å². The zero-order valence-corrected chi connectivity index (χ0v) is 9.28. The molecule has 2 fully saturated rings. The first kappa shape index (κ1) is 9.75. The van der Waals surface area contributed by atoms with Gasteiger partial charge in [0.2, 0.25) is 5.88 Å². The molecule has 0 radical (unpaired) electrons. The van der Waals surface area contributed by atoms with E-state index in [4.69, 9.17) is 10.5 Å². The molecule has 0 bridgehead atoms. The van der Waals surface area contributed by atoms with Gasteiger partial charge in [0, 0.05) is 6.04 Å². The van der Waals surface area contributed by atoms with Crippen LogP contribution in [0.25, 0.3) is 0 Å². The number of nitrogens with two attached hydrogens (primary N) is 1. The molecule has 2 saturated carbocycles. The number of anilines is 2. The Morgan fingerprint density at radius 1 is 1.31 bits per heavy atom. The Hall–Kier alpha value is -1.45. The number of pyridine rings is 1. The molecule has 0 spiro atoms. The van der Waals surface area contributed by atoms with Crippen LogP contribution in [0.1, 0.15) is 25.7 Å². The normalized spacial score (nSPS) is 19.5. The highest BCUT2D eigenvalue weighted by Gasteiger charge is 2.23. The molecule has 0 aromatic carbocycles. The smallest absolute Gasteiger partial charge is 0.239 e. The number of aromatic nitrogens is 1. The van der Waals surface area contributed by atoms with E-state index in [0.29, 0.717) is 17.6 Å². The quantitative estimate of drug-likeness (QED) is 0.795. The summed E-state index contributed by atoms with van der Waals surface area (Å²) in [5.41, 5.74) is 6.45. The molecule has 4 heteroatoms. The third kappa shape index (κ3) is 2.38. The second-order valence-corrected chi connectivity index (χ2v) is 4.76. The molecule has 1 aromatic heterocycles. The highest BCUT2D eigenvalue weighted by molar-refractivity contribution is 5.54. The van der Waals surface area contributed by atoms with Crippen molar-refractivity contribution >= 4 is 11.5 Å². The molecule has 1 aromatic rings. The predicted octanol–water partition coefficient (Wildman–Crippen LogP) is 2.03. The van der Waals surface area contributed by atoms with Gasteiger partial charge in [-0.05, 0) is 43.7 Å². The average molecular weight is 219 g/mol. The molecule has 86 valence electrons. The minimum Gasteiger partial charge on any atom is -0.476 e. The van der Waals surface area contributed by atoms with Crippen LogP contribution in [0.15, 0.2) is 12.1 Å². The maximum Gasteiger partial charge on any atom is 0.239 e. The molecule has 0 unspecified atom stereocenters. The van der Waals surface area contributed by atoms with Gasteiger partial charge in [-0.1, -0.05) is 0 Å². The van der Waals surface area contributed by atoms with E-state index < -0.39 is 0 Å². The average Bonchev–Trinajstić information content (AvgIpc) is 3.12. The topological polar surface area (TPSA) is 60.2 Å². The predicted molar refractivity (Wildman–Crippen MR) is 63.5 cm³/mol. The minimum absolute atomic E-state index is 0.581. The zero-order chi connectivity index (χ0) is 11.0. The van der Waals surface area contributed by atoms with Gasteiger partial charge in [0.1, 0.15) is 5.82 Å². The monoisotopic (exact) mass is 219 g/mol. The first-order chi connectivity index (χ1) is 7.81. The maximum atomic E-state index is 5.83. The van der Waals surface area contributed by atoms with Crippen molar-refractivity contribution < 1.29 is 4.74 Å². The molecule has 0 atom stereocenters. The number of rotatable bonds is 5. The highest BCUT2D eigenvalue weighted by Crippen LogP contribution is 2.31. The van der Waals surface area contributed by atoms with E-state index in [1.165, 1.54) is 25.7 Å². The van der Waals surface area contributed by atoms with Crippen LogP contribution >= 0.6 is 0 Å². The van der Waals surface area contributed by atoms with Crippen LogP contribution in [-0.2, 0) is 0 Å². The van der Waals surface area contributed by atoms with Crippen molar-refractivity contribution in [2.75, 3.05) is 17.7 Å². The van der Waals surface area contributed by atoms with Gasteiger partial charge in [0.25, 0.3) is 0 Å². The van der Waals surface area contributed by atoms with Crippen molar-refractivity contribution in [3.63, 3.8) is 0 Å². The number of nitrogens with zero attached hydrogens (tertiary/aromatic N) is 1. The summed E-state index contributed by atoms with van der Waals surface area (Å²) < 4.78 is 5.63. The van der Waals surface area contributed by atoms with Gasteiger partial charge in [-0.2, -0.15) is 4.98 Å². The van der Waals surface area contributed by atoms with E-state index in [1.807, 2.05) is 12.1 Å². The lowest BCUT2D eigenvalue weighted by Gasteiger charge is -2.10. The third-order valence-electron chi connectivity index (χ3n) is 2.97. The molecule has 0 aliphatic heterocycles. The molecular formula is C12H17N3O. The van der Waals surface area contributed by atoms with Crippen LogP contribution in [0.2, 0.25) is 0 Å². The van der Waals surface area contributed by atoms with Crippen molar-refractivity contribution in [3.05, 3.63) is 12.1 Å². The maximum absolute atomic E-state index is 5.83. The van der Waals surface area contributed by atoms with Gasteiger partial charge < -0.3 is 15.8 Å². The molecule has 4 nitrogen and oxygen atoms in total. The molecule has 16 heavy (non-hydrogen) atoms. The number of nitrogens with one attached hydrogen (secondary N) is 1. The van der Waals surface area contributed by atoms with Crippen LogP contribution in [0.5, 0.6) is 5.88 Å². The summed E-state index contributed by atoms with van der Waals surface area (Å²) in [5, 5.41) is 3.34.